The first-order chi connectivity index (χ1) is 9.31. The number of fused-ring (bicyclic) bond motifs is 1. The minimum atomic E-state index is 0.714. The third kappa shape index (κ3) is 2.10. The van der Waals surface area contributed by atoms with Gasteiger partial charge < -0.3 is 4.57 Å². The average Bonchev–Trinajstić information content (AvgIpc) is 2.73. The van der Waals surface area contributed by atoms with Gasteiger partial charge in [0.2, 0.25) is 0 Å². The van der Waals surface area contributed by atoms with Crippen LogP contribution < -0.4 is 0 Å². The fourth-order valence-electron chi connectivity index (χ4n) is 2.33. The van der Waals surface area contributed by atoms with Crippen molar-refractivity contribution in [2.45, 2.75) is 6.54 Å². The monoisotopic (exact) mass is 313 g/mol. The number of halogens is 1. The maximum atomic E-state index is 11.3. The number of carbonyl (C=O) groups excluding carboxylic acids is 1. The molecule has 0 aliphatic carbocycles. The Balaban J connectivity index is 2.18. The van der Waals surface area contributed by atoms with E-state index in [4.69, 9.17) is 0 Å². The summed E-state index contributed by atoms with van der Waals surface area (Å²) >= 11 is 3.54. The van der Waals surface area contributed by atoms with Crippen LogP contribution >= 0.6 is 15.9 Å². The van der Waals surface area contributed by atoms with Crippen molar-refractivity contribution in [2.24, 2.45) is 0 Å². The maximum Gasteiger partial charge on any atom is 0.153 e. The Morgan fingerprint density at radius 2 is 1.68 bits per heavy atom. The number of carbonyl (C=O) groups is 1. The largest absolute Gasteiger partial charge is 0.330 e. The van der Waals surface area contributed by atoms with Crippen LogP contribution in [0.5, 0.6) is 0 Å². The normalized spacial score (nSPS) is 10.8. The molecule has 0 saturated heterocycles. The highest BCUT2D eigenvalue weighted by Gasteiger charge is 2.14. The Hall–Kier alpha value is -1.87. The van der Waals surface area contributed by atoms with Crippen LogP contribution in [0.4, 0.5) is 0 Å². The van der Waals surface area contributed by atoms with E-state index in [0.29, 0.717) is 5.56 Å². The van der Waals surface area contributed by atoms with Gasteiger partial charge in [0.05, 0.1) is 10.2 Å². The van der Waals surface area contributed by atoms with Crippen molar-refractivity contribution < 1.29 is 4.79 Å². The SMILES string of the molecule is O=Cc1c(Br)n(Cc2ccccc2)c2ccccc12. The first-order valence-corrected chi connectivity index (χ1v) is 6.86. The molecular weight excluding hydrogens is 302 g/mol. The second-order valence-corrected chi connectivity index (χ2v) is 5.16. The van der Waals surface area contributed by atoms with Crippen LogP contribution in [0.15, 0.2) is 59.2 Å². The highest BCUT2D eigenvalue weighted by Crippen LogP contribution is 2.29. The highest BCUT2D eigenvalue weighted by atomic mass is 79.9. The van der Waals surface area contributed by atoms with Crippen LogP contribution in [0.2, 0.25) is 0 Å². The van der Waals surface area contributed by atoms with Crippen LogP contribution in [0.25, 0.3) is 10.9 Å². The highest BCUT2D eigenvalue weighted by molar-refractivity contribution is 9.10. The number of hydrogen-bond donors (Lipinski definition) is 0. The molecular formula is C16H12BrNO. The van der Waals surface area contributed by atoms with E-state index < -0.39 is 0 Å². The van der Waals surface area contributed by atoms with Gasteiger partial charge in [-0.25, -0.2) is 0 Å². The molecule has 2 nitrogen and oxygen atoms in total. The van der Waals surface area contributed by atoms with E-state index >= 15 is 0 Å². The Bertz CT molecular complexity index is 731. The third-order valence-corrected chi connectivity index (χ3v) is 4.10. The topological polar surface area (TPSA) is 22.0 Å². The molecule has 94 valence electrons. The molecule has 1 heterocycles. The number of aromatic nitrogens is 1. The minimum Gasteiger partial charge on any atom is -0.330 e. The summed E-state index contributed by atoms with van der Waals surface area (Å²) in [4.78, 5) is 11.3. The van der Waals surface area contributed by atoms with Gasteiger partial charge >= 0.3 is 0 Å². The predicted molar refractivity (Wildman–Crippen MR) is 80.6 cm³/mol. The van der Waals surface area contributed by atoms with Crippen LogP contribution in [0.1, 0.15) is 15.9 Å². The predicted octanol–water partition coefficient (Wildman–Crippen LogP) is 4.26. The quantitative estimate of drug-likeness (QED) is 0.662. The van der Waals surface area contributed by atoms with Gasteiger partial charge in [0.25, 0.3) is 0 Å². The molecule has 3 heteroatoms. The van der Waals surface area contributed by atoms with Gasteiger partial charge in [-0.05, 0) is 27.6 Å². The molecule has 0 atom stereocenters. The van der Waals surface area contributed by atoms with Crippen molar-refractivity contribution >= 4 is 33.1 Å². The van der Waals surface area contributed by atoms with E-state index in [0.717, 1.165) is 28.3 Å². The number of benzene rings is 2. The third-order valence-electron chi connectivity index (χ3n) is 3.25. The Kier molecular flexibility index (Phi) is 3.22. The van der Waals surface area contributed by atoms with Gasteiger partial charge in [-0.1, -0.05) is 48.5 Å². The molecule has 0 aliphatic rings. The van der Waals surface area contributed by atoms with Crippen LogP contribution in [0.3, 0.4) is 0 Å². The zero-order valence-electron chi connectivity index (χ0n) is 10.2. The lowest BCUT2D eigenvalue weighted by molar-refractivity contribution is 0.112. The summed E-state index contributed by atoms with van der Waals surface area (Å²) in [6.45, 7) is 0.746. The van der Waals surface area contributed by atoms with Gasteiger partial charge in [0, 0.05) is 17.4 Å². The number of hydrogen-bond acceptors (Lipinski definition) is 1. The van der Waals surface area contributed by atoms with Gasteiger partial charge in [-0.2, -0.15) is 0 Å². The van der Waals surface area contributed by atoms with Crippen molar-refractivity contribution in [1.82, 2.24) is 4.57 Å². The summed E-state index contributed by atoms with van der Waals surface area (Å²) < 4.78 is 2.96. The summed E-state index contributed by atoms with van der Waals surface area (Å²) in [5.74, 6) is 0. The van der Waals surface area contributed by atoms with E-state index in [-0.39, 0.29) is 0 Å². The molecule has 0 amide bonds. The van der Waals surface area contributed by atoms with Gasteiger partial charge in [-0.15, -0.1) is 0 Å². The van der Waals surface area contributed by atoms with Gasteiger partial charge in [0.1, 0.15) is 0 Å². The second-order valence-electron chi connectivity index (χ2n) is 4.41. The molecule has 0 radical (unpaired) electrons. The Morgan fingerprint density at radius 1 is 1.00 bits per heavy atom. The molecule has 2 aromatic carbocycles. The molecule has 0 N–H and O–H groups in total. The van der Waals surface area contributed by atoms with Crippen molar-refractivity contribution in [2.75, 3.05) is 0 Å². The van der Waals surface area contributed by atoms with Crippen molar-refractivity contribution in [3.63, 3.8) is 0 Å². The summed E-state index contributed by atoms with van der Waals surface area (Å²) in [6, 6.07) is 18.2. The van der Waals surface area contributed by atoms with E-state index in [1.807, 2.05) is 42.5 Å². The lowest BCUT2D eigenvalue weighted by Gasteiger charge is -2.07. The molecule has 0 fully saturated rings. The smallest absolute Gasteiger partial charge is 0.153 e. The molecule has 0 saturated carbocycles. The summed E-state index contributed by atoms with van der Waals surface area (Å²) in [7, 11) is 0. The molecule has 0 aliphatic heterocycles. The Morgan fingerprint density at radius 3 is 2.42 bits per heavy atom. The summed E-state index contributed by atoms with van der Waals surface area (Å²) in [6.07, 6.45) is 0.911. The fourth-order valence-corrected chi connectivity index (χ4v) is 2.96. The van der Waals surface area contributed by atoms with Crippen LogP contribution in [-0.4, -0.2) is 10.9 Å². The van der Waals surface area contributed by atoms with E-state index in [1.165, 1.54) is 5.56 Å². The minimum absolute atomic E-state index is 0.714. The molecule has 0 unspecified atom stereocenters. The van der Waals surface area contributed by atoms with Crippen LogP contribution in [0, 0.1) is 0 Å². The maximum absolute atomic E-state index is 11.3. The molecule has 3 aromatic rings. The molecule has 3 rings (SSSR count). The lowest BCUT2D eigenvalue weighted by atomic mass is 10.2. The number of rotatable bonds is 3. The molecule has 0 spiro atoms. The number of aldehydes is 1. The molecule has 1 aromatic heterocycles. The first kappa shape index (κ1) is 12.2. The lowest BCUT2D eigenvalue weighted by Crippen LogP contribution is -1.99. The van der Waals surface area contributed by atoms with E-state index in [9.17, 15) is 4.79 Å². The van der Waals surface area contributed by atoms with Crippen molar-refractivity contribution in [3.8, 4) is 0 Å². The zero-order valence-corrected chi connectivity index (χ0v) is 11.8. The van der Waals surface area contributed by atoms with E-state index in [2.05, 4.69) is 32.6 Å². The van der Waals surface area contributed by atoms with Crippen LogP contribution in [-0.2, 0) is 6.54 Å². The van der Waals surface area contributed by atoms with Crippen molar-refractivity contribution in [3.05, 3.63) is 70.3 Å². The number of nitrogens with zero attached hydrogens (tertiary/aromatic N) is 1. The second kappa shape index (κ2) is 5.02. The fraction of sp³-hybridized carbons (Fsp3) is 0.0625. The zero-order chi connectivity index (χ0) is 13.2. The molecule has 19 heavy (non-hydrogen) atoms. The van der Waals surface area contributed by atoms with Gasteiger partial charge in [-0.3, -0.25) is 4.79 Å². The standard InChI is InChI=1S/C16H12BrNO/c17-16-14(11-19)13-8-4-5-9-15(13)18(16)10-12-6-2-1-3-7-12/h1-9,11H,10H2. The summed E-state index contributed by atoms with van der Waals surface area (Å²) in [5.41, 5.74) is 2.99. The van der Waals surface area contributed by atoms with Gasteiger partial charge in [0.15, 0.2) is 6.29 Å². The van der Waals surface area contributed by atoms with E-state index in [1.54, 1.807) is 0 Å². The number of para-hydroxylation sites is 1. The summed E-state index contributed by atoms with van der Waals surface area (Å²) in [5, 5.41) is 0.986. The average molecular weight is 314 g/mol. The Labute approximate surface area is 119 Å². The molecule has 0 bridgehead atoms. The first-order valence-electron chi connectivity index (χ1n) is 6.07. The van der Waals surface area contributed by atoms with Crippen molar-refractivity contribution in [1.29, 1.82) is 0 Å².